The maximum Gasteiger partial charge on any atom is 0.322 e. The molecule has 1 aliphatic heterocycles. The molecule has 5 heteroatoms. The highest BCUT2D eigenvalue weighted by Gasteiger charge is 2.24. The maximum atomic E-state index is 11.4. The fraction of sp³-hybridized carbons (Fsp3) is 0.222. The summed E-state index contributed by atoms with van der Waals surface area (Å²) in [5.41, 5.74) is 0.589. The number of benzene rings is 1. The molecule has 0 saturated carbocycles. The number of carbonyl (C=O) groups is 1. The largest absolute Gasteiger partial charge is 0.336 e. The molecule has 0 unspecified atom stereocenters. The molecule has 74 valence electrons. The predicted octanol–water partition coefficient (Wildman–Crippen LogP) is 2.52. The van der Waals surface area contributed by atoms with E-state index in [4.69, 9.17) is 23.2 Å². The molecule has 1 N–H and O–H groups in total. The third kappa shape index (κ3) is 1.53. The second-order valence-corrected chi connectivity index (χ2v) is 3.77. The van der Waals surface area contributed by atoms with Crippen molar-refractivity contribution in [3.63, 3.8) is 0 Å². The lowest BCUT2D eigenvalue weighted by molar-refractivity contribution is 0.252. The van der Waals surface area contributed by atoms with Crippen LogP contribution in [-0.2, 0) is 0 Å². The molecule has 1 fully saturated rings. The van der Waals surface area contributed by atoms with Gasteiger partial charge in [-0.1, -0.05) is 29.3 Å². The molecular weight excluding hydrogens is 223 g/mol. The first-order valence-corrected chi connectivity index (χ1v) is 4.95. The lowest BCUT2D eigenvalue weighted by Crippen LogP contribution is -2.28. The van der Waals surface area contributed by atoms with Crippen LogP contribution in [0, 0.1) is 0 Å². The van der Waals surface area contributed by atoms with E-state index in [0.29, 0.717) is 28.8 Å². The van der Waals surface area contributed by atoms with Gasteiger partial charge in [-0.05, 0) is 12.1 Å². The Morgan fingerprint density at radius 3 is 2.43 bits per heavy atom. The van der Waals surface area contributed by atoms with Crippen LogP contribution in [0.5, 0.6) is 0 Å². The molecule has 0 aliphatic carbocycles. The molecule has 1 heterocycles. The average Bonchev–Trinajstić information content (AvgIpc) is 2.52. The third-order valence-electron chi connectivity index (χ3n) is 2.06. The van der Waals surface area contributed by atoms with Gasteiger partial charge in [0.15, 0.2) is 0 Å². The van der Waals surface area contributed by atoms with Crippen molar-refractivity contribution in [2.24, 2.45) is 0 Å². The number of hydrogen-bond acceptors (Lipinski definition) is 1. The van der Waals surface area contributed by atoms with E-state index in [1.165, 1.54) is 0 Å². The normalized spacial score (nSPS) is 15.9. The number of nitrogens with one attached hydrogen (secondary N) is 1. The van der Waals surface area contributed by atoms with Crippen LogP contribution < -0.4 is 10.2 Å². The summed E-state index contributed by atoms with van der Waals surface area (Å²) >= 11 is 11.9. The second kappa shape index (κ2) is 3.67. The fourth-order valence-electron chi connectivity index (χ4n) is 1.43. The molecule has 0 spiro atoms. The molecule has 0 radical (unpaired) electrons. The Bertz CT molecular complexity index is 361. The zero-order valence-corrected chi connectivity index (χ0v) is 8.77. The number of nitrogens with zero attached hydrogens (tertiary/aromatic N) is 1. The number of anilines is 1. The highest BCUT2D eigenvalue weighted by molar-refractivity contribution is 6.39. The highest BCUT2D eigenvalue weighted by atomic mass is 35.5. The molecule has 3 nitrogen and oxygen atoms in total. The van der Waals surface area contributed by atoms with Crippen molar-refractivity contribution in [2.45, 2.75) is 0 Å². The van der Waals surface area contributed by atoms with Crippen LogP contribution in [0.15, 0.2) is 18.2 Å². The number of hydrogen-bond donors (Lipinski definition) is 1. The van der Waals surface area contributed by atoms with Crippen molar-refractivity contribution in [1.82, 2.24) is 5.32 Å². The minimum absolute atomic E-state index is 0.153. The Morgan fingerprint density at radius 1 is 1.29 bits per heavy atom. The average molecular weight is 231 g/mol. The van der Waals surface area contributed by atoms with Crippen molar-refractivity contribution in [3.8, 4) is 0 Å². The summed E-state index contributed by atoms with van der Waals surface area (Å²) in [5, 5.41) is 3.68. The fourth-order valence-corrected chi connectivity index (χ4v) is 2.03. The van der Waals surface area contributed by atoms with Gasteiger partial charge < -0.3 is 5.32 Å². The van der Waals surface area contributed by atoms with Crippen LogP contribution in [0.2, 0.25) is 10.0 Å². The Morgan fingerprint density at radius 2 is 1.93 bits per heavy atom. The molecular formula is C9H8Cl2N2O. The van der Waals surface area contributed by atoms with Gasteiger partial charge in [-0.2, -0.15) is 0 Å². The lowest BCUT2D eigenvalue weighted by Gasteiger charge is -2.17. The number of para-hydroxylation sites is 1. The molecule has 1 saturated heterocycles. The van der Waals surface area contributed by atoms with E-state index in [-0.39, 0.29) is 6.03 Å². The highest BCUT2D eigenvalue weighted by Crippen LogP contribution is 2.34. The van der Waals surface area contributed by atoms with Crippen LogP contribution in [-0.4, -0.2) is 19.1 Å². The van der Waals surface area contributed by atoms with Gasteiger partial charge in [0.05, 0.1) is 15.7 Å². The summed E-state index contributed by atoms with van der Waals surface area (Å²) in [6, 6.07) is 5.03. The number of amides is 2. The first kappa shape index (κ1) is 9.62. The number of urea groups is 1. The molecule has 1 aliphatic rings. The minimum Gasteiger partial charge on any atom is -0.336 e. The summed E-state index contributed by atoms with van der Waals surface area (Å²) in [7, 11) is 0. The van der Waals surface area contributed by atoms with E-state index in [1.807, 2.05) is 0 Å². The van der Waals surface area contributed by atoms with Crippen molar-refractivity contribution in [2.75, 3.05) is 18.0 Å². The quantitative estimate of drug-likeness (QED) is 0.791. The van der Waals surface area contributed by atoms with E-state index in [0.717, 1.165) is 0 Å². The first-order valence-electron chi connectivity index (χ1n) is 4.19. The van der Waals surface area contributed by atoms with Gasteiger partial charge in [0, 0.05) is 13.1 Å². The van der Waals surface area contributed by atoms with Gasteiger partial charge in [0.25, 0.3) is 0 Å². The maximum absolute atomic E-state index is 11.4. The first-order chi connectivity index (χ1) is 6.70. The monoisotopic (exact) mass is 230 g/mol. The van der Waals surface area contributed by atoms with Crippen LogP contribution >= 0.6 is 23.2 Å². The van der Waals surface area contributed by atoms with Gasteiger partial charge >= 0.3 is 6.03 Å². The molecule has 1 aromatic carbocycles. The van der Waals surface area contributed by atoms with Crippen molar-refractivity contribution in [1.29, 1.82) is 0 Å². The SMILES string of the molecule is O=C1NCCN1c1c(Cl)cccc1Cl. The van der Waals surface area contributed by atoms with E-state index >= 15 is 0 Å². The zero-order chi connectivity index (χ0) is 10.1. The summed E-state index contributed by atoms with van der Waals surface area (Å²) in [5.74, 6) is 0. The summed E-state index contributed by atoms with van der Waals surface area (Å²) in [4.78, 5) is 12.9. The minimum atomic E-state index is -0.153. The van der Waals surface area contributed by atoms with Gasteiger partial charge in [-0.3, -0.25) is 4.90 Å². The van der Waals surface area contributed by atoms with Crippen molar-refractivity contribution < 1.29 is 4.79 Å². The topological polar surface area (TPSA) is 32.3 Å². The van der Waals surface area contributed by atoms with E-state index < -0.39 is 0 Å². The summed E-state index contributed by atoms with van der Waals surface area (Å²) in [6.45, 7) is 1.22. The number of rotatable bonds is 1. The molecule has 1 aromatic rings. The predicted molar refractivity (Wildman–Crippen MR) is 57.2 cm³/mol. The van der Waals surface area contributed by atoms with Gasteiger partial charge in [-0.25, -0.2) is 4.79 Å². The summed E-state index contributed by atoms with van der Waals surface area (Å²) in [6.07, 6.45) is 0. The lowest BCUT2D eigenvalue weighted by atomic mass is 10.3. The van der Waals surface area contributed by atoms with Crippen LogP contribution in [0.3, 0.4) is 0 Å². The standard InChI is InChI=1S/C9H8Cl2N2O/c10-6-2-1-3-7(11)8(6)13-5-4-12-9(13)14/h1-3H,4-5H2,(H,12,14). The van der Waals surface area contributed by atoms with Crippen LogP contribution in [0.25, 0.3) is 0 Å². The smallest absolute Gasteiger partial charge is 0.322 e. The van der Waals surface area contributed by atoms with Gasteiger partial charge in [0.2, 0.25) is 0 Å². The molecule has 0 atom stereocenters. The summed E-state index contributed by atoms with van der Waals surface area (Å²) < 4.78 is 0. The number of halogens is 2. The van der Waals surface area contributed by atoms with E-state index in [1.54, 1.807) is 23.1 Å². The molecule has 14 heavy (non-hydrogen) atoms. The molecule has 0 aromatic heterocycles. The van der Waals surface area contributed by atoms with Gasteiger partial charge in [0.1, 0.15) is 0 Å². The molecule has 2 rings (SSSR count). The van der Waals surface area contributed by atoms with Crippen LogP contribution in [0.1, 0.15) is 0 Å². The molecule has 2 amide bonds. The van der Waals surface area contributed by atoms with Gasteiger partial charge in [-0.15, -0.1) is 0 Å². The molecule has 0 bridgehead atoms. The van der Waals surface area contributed by atoms with Crippen molar-refractivity contribution in [3.05, 3.63) is 28.2 Å². The zero-order valence-electron chi connectivity index (χ0n) is 7.26. The number of carbonyl (C=O) groups excluding carboxylic acids is 1. The Labute approximate surface area is 91.6 Å². The Kier molecular flexibility index (Phi) is 2.52. The second-order valence-electron chi connectivity index (χ2n) is 2.95. The van der Waals surface area contributed by atoms with E-state index in [2.05, 4.69) is 5.32 Å². The van der Waals surface area contributed by atoms with Crippen LogP contribution in [0.4, 0.5) is 10.5 Å². The van der Waals surface area contributed by atoms with E-state index in [9.17, 15) is 4.79 Å². The Balaban J connectivity index is 2.44. The Hall–Kier alpha value is -0.930. The van der Waals surface area contributed by atoms with Crippen molar-refractivity contribution >= 4 is 34.9 Å². The third-order valence-corrected chi connectivity index (χ3v) is 2.67.